The lowest BCUT2D eigenvalue weighted by molar-refractivity contribution is -0.139. The highest BCUT2D eigenvalue weighted by molar-refractivity contribution is 5.67. The van der Waals surface area contributed by atoms with Gasteiger partial charge in [0.2, 0.25) is 0 Å². The first-order valence-electron chi connectivity index (χ1n) is 5.59. The second-order valence-corrected chi connectivity index (χ2v) is 3.60. The molecule has 0 radical (unpaired) electrons. The Bertz CT molecular complexity index is 442. The molecule has 2 N–H and O–H groups in total. The SMILES string of the molecule is CCOC(CNc1cc(C#N)ccn1)CC(=O)O. The van der Waals surface area contributed by atoms with Crippen LogP contribution in [0.2, 0.25) is 0 Å². The molecule has 0 saturated carbocycles. The molecule has 0 saturated heterocycles. The van der Waals surface area contributed by atoms with Gasteiger partial charge in [-0.2, -0.15) is 5.26 Å². The minimum atomic E-state index is -0.908. The summed E-state index contributed by atoms with van der Waals surface area (Å²) in [4.78, 5) is 14.7. The molecule has 0 spiro atoms. The van der Waals surface area contributed by atoms with E-state index in [2.05, 4.69) is 10.3 Å². The molecule has 0 aliphatic rings. The average Bonchev–Trinajstić information content (AvgIpc) is 2.36. The summed E-state index contributed by atoms with van der Waals surface area (Å²) < 4.78 is 5.29. The van der Waals surface area contributed by atoms with Crippen LogP contribution >= 0.6 is 0 Å². The van der Waals surface area contributed by atoms with Gasteiger partial charge < -0.3 is 15.2 Å². The Balaban J connectivity index is 2.55. The van der Waals surface area contributed by atoms with Crippen molar-refractivity contribution in [1.82, 2.24) is 4.98 Å². The van der Waals surface area contributed by atoms with Crippen LogP contribution in [-0.2, 0) is 9.53 Å². The Kier molecular flexibility index (Phi) is 5.61. The summed E-state index contributed by atoms with van der Waals surface area (Å²) in [5.41, 5.74) is 0.499. The summed E-state index contributed by atoms with van der Waals surface area (Å²) in [6.45, 7) is 2.59. The molecule has 1 aromatic heterocycles. The van der Waals surface area contributed by atoms with Crippen LogP contribution in [0, 0.1) is 11.3 Å². The standard InChI is InChI=1S/C12H15N3O3/c1-2-18-10(6-12(16)17)8-15-11-5-9(7-13)3-4-14-11/h3-5,10H,2,6,8H2,1H3,(H,14,15)(H,16,17). The van der Waals surface area contributed by atoms with Gasteiger partial charge >= 0.3 is 5.97 Å². The van der Waals surface area contributed by atoms with Gasteiger partial charge in [0.1, 0.15) is 5.82 Å². The maximum Gasteiger partial charge on any atom is 0.306 e. The van der Waals surface area contributed by atoms with Crippen LogP contribution in [0.3, 0.4) is 0 Å². The predicted molar refractivity (Wildman–Crippen MR) is 65.1 cm³/mol. The second-order valence-electron chi connectivity index (χ2n) is 3.60. The molecule has 1 aromatic rings. The molecule has 0 amide bonds. The maximum absolute atomic E-state index is 10.6. The van der Waals surface area contributed by atoms with Gasteiger partial charge in [-0.3, -0.25) is 4.79 Å². The van der Waals surface area contributed by atoms with E-state index in [1.165, 1.54) is 6.20 Å². The van der Waals surface area contributed by atoms with Crippen molar-refractivity contribution in [3.63, 3.8) is 0 Å². The minimum Gasteiger partial charge on any atom is -0.481 e. The number of carbonyl (C=O) groups is 1. The molecule has 96 valence electrons. The molecular weight excluding hydrogens is 234 g/mol. The van der Waals surface area contributed by atoms with E-state index < -0.39 is 12.1 Å². The number of nitriles is 1. The lowest BCUT2D eigenvalue weighted by Gasteiger charge is -2.16. The van der Waals surface area contributed by atoms with Crippen LogP contribution in [0.1, 0.15) is 18.9 Å². The summed E-state index contributed by atoms with van der Waals surface area (Å²) >= 11 is 0. The number of anilines is 1. The number of hydrogen-bond acceptors (Lipinski definition) is 5. The molecule has 1 atom stereocenters. The number of ether oxygens (including phenoxy) is 1. The van der Waals surface area contributed by atoms with E-state index in [4.69, 9.17) is 15.1 Å². The van der Waals surface area contributed by atoms with Crippen LogP contribution < -0.4 is 5.32 Å². The monoisotopic (exact) mass is 249 g/mol. The van der Waals surface area contributed by atoms with E-state index in [1.807, 2.05) is 13.0 Å². The molecule has 6 heteroatoms. The van der Waals surface area contributed by atoms with E-state index >= 15 is 0 Å². The molecule has 0 fully saturated rings. The number of nitrogens with one attached hydrogen (secondary N) is 1. The summed E-state index contributed by atoms with van der Waals surface area (Å²) in [5, 5.41) is 20.4. The smallest absolute Gasteiger partial charge is 0.306 e. The van der Waals surface area contributed by atoms with Crippen molar-refractivity contribution in [3.05, 3.63) is 23.9 Å². The van der Waals surface area contributed by atoms with Gasteiger partial charge in [-0.25, -0.2) is 4.98 Å². The van der Waals surface area contributed by atoms with Gasteiger partial charge in [0.15, 0.2) is 0 Å². The molecule has 1 unspecified atom stereocenters. The molecule has 0 aliphatic carbocycles. The van der Waals surface area contributed by atoms with Crippen LogP contribution in [0.4, 0.5) is 5.82 Å². The van der Waals surface area contributed by atoms with Crippen molar-refractivity contribution in [2.24, 2.45) is 0 Å². The highest BCUT2D eigenvalue weighted by Crippen LogP contribution is 2.07. The molecule has 0 aliphatic heterocycles. The van der Waals surface area contributed by atoms with Gasteiger partial charge in [0, 0.05) is 19.3 Å². The average molecular weight is 249 g/mol. The zero-order valence-electron chi connectivity index (χ0n) is 10.1. The summed E-state index contributed by atoms with van der Waals surface area (Å²) in [5.74, 6) is -0.377. The van der Waals surface area contributed by atoms with Gasteiger partial charge in [0.05, 0.1) is 24.2 Å². The topological polar surface area (TPSA) is 95.2 Å². The van der Waals surface area contributed by atoms with Gasteiger partial charge in [0.25, 0.3) is 0 Å². The van der Waals surface area contributed by atoms with Gasteiger partial charge in [-0.05, 0) is 19.1 Å². The number of carboxylic acid groups (broad SMARTS) is 1. The molecular formula is C12H15N3O3. The highest BCUT2D eigenvalue weighted by Gasteiger charge is 2.13. The lowest BCUT2D eigenvalue weighted by atomic mass is 10.2. The predicted octanol–water partition coefficient (Wildman–Crippen LogP) is 1.24. The summed E-state index contributed by atoms with van der Waals surface area (Å²) in [7, 11) is 0. The molecule has 1 rings (SSSR count). The first-order chi connectivity index (χ1) is 8.65. The fourth-order valence-corrected chi connectivity index (χ4v) is 1.44. The Morgan fingerprint density at radius 2 is 2.50 bits per heavy atom. The summed E-state index contributed by atoms with van der Waals surface area (Å²) in [6.07, 6.45) is 1.03. The van der Waals surface area contributed by atoms with Crippen LogP contribution in [0.5, 0.6) is 0 Å². The van der Waals surface area contributed by atoms with Crippen molar-refractivity contribution in [1.29, 1.82) is 5.26 Å². The Hall–Kier alpha value is -2.13. The Labute approximate surface area is 105 Å². The quantitative estimate of drug-likeness (QED) is 0.755. The molecule has 18 heavy (non-hydrogen) atoms. The fourth-order valence-electron chi connectivity index (χ4n) is 1.44. The number of aliphatic carboxylic acids is 1. The van der Waals surface area contributed by atoms with Crippen molar-refractivity contribution < 1.29 is 14.6 Å². The summed E-state index contributed by atoms with van der Waals surface area (Å²) in [6, 6.07) is 5.21. The largest absolute Gasteiger partial charge is 0.481 e. The number of rotatable bonds is 7. The molecule has 0 bridgehead atoms. The number of nitrogens with zero attached hydrogens (tertiary/aromatic N) is 2. The third kappa shape index (κ3) is 4.80. The van der Waals surface area contributed by atoms with E-state index in [0.717, 1.165) is 0 Å². The maximum atomic E-state index is 10.6. The molecule has 1 heterocycles. The highest BCUT2D eigenvalue weighted by atomic mass is 16.5. The molecule has 0 aromatic carbocycles. The number of aromatic nitrogens is 1. The zero-order chi connectivity index (χ0) is 13.4. The number of carboxylic acids is 1. The van der Waals surface area contributed by atoms with Crippen LogP contribution in [0.25, 0.3) is 0 Å². The van der Waals surface area contributed by atoms with Crippen LogP contribution in [-0.4, -0.2) is 35.3 Å². The lowest BCUT2D eigenvalue weighted by Crippen LogP contribution is -2.26. The number of hydrogen-bond donors (Lipinski definition) is 2. The molecule has 6 nitrogen and oxygen atoms in total. The third-order valence-electron chi connectivity index (χ3n) is 2.20. The zero-order valence-corrected chi connectivity index (χ0v) is 10.1. The Morgan fingerprint density at radius 3 is 3.11 bits per heavy atom. The van der Waals surface area contributed by atoms with Crippen molar-refractivity contribution in [3.8, 4) is 6.07 Å². The van der Waals surface area contributed by atoms with Crippen molar-refractivity contribution in [2.45, 2.75) is 19.4 Å². The van der Waals surface area contributed by atoms with Gasteiger partial charge in [-0.1, -0.05) is 0 Å². The van der Waals surface area contributed by atoms with Crippen molar-refractivity contribution in [2.75, 3.05) is 18.5 Å². The van der Waals surface area contributed by atoms with E-state index in [9.17, 15) is 4.79 Å². The van der Waals surface area contributed by atoms with Crippen molar-refractivity contribution >= 4 is 11.8 Å². The van der Waals surface area contributed by atoms with Crippen LogP contribution in [0.15, 0.2) is 18.3 Å². The second kappa shape index (κ2) is 7.25. The van der Waals surface area contributed by atoms with E-state index in [0.29, 0.717) is 24.5 Å². The normalized spacial score (nSPS) is 11.6. The minimum absolute atomic E-state index is 0.0707. The van der Waals surface area contributed by atoms with E-state index in [1.54, 1.807) is 12.1 Å². The third-order valence-corrected chi connectivity index (χ3v) is 2.20. The Morgan fingerprint density at radius 1 is 1.72 bits per heavy atom. The first-order valence-corrected chi connectivity index (χ1v) is 5.59. The fraction of sp³-hybridized carbons (Fsp3) is 0.417. The number of pyridine rings is 1. The first kappa shape index (κ1) is 13.9. The van der Waals surface area contributed by atoms with Gasteiger partial charge in [-0.15, -0.1) is 0 Å². The van der Waals surface area contributed by atoms with E-state index in [-0.39, 0.29) is 6.42 Å².